The lowest BCUT2D eigenvalue weighted by atomic mass is 9.95. The first kappa shape index (κ1) is 29.4. The number of nitrogens with zero attached hydrogens (tertiary/aromatic N) is 3. The van der Waals surface area contributed by atoms with Gasteiger partial charge in [0.15, 0.2) is 17.5 Å². The topological polar surface area (TPSA) is 38.7 Å². The van der Waals surface area contributed by atoms with Crippen LogP contribution >= 0.6 is 11.3 Å². The highest BCUT2D eigenvalue weighted by molar-refractivity contribution is 7.26. The van der Waals surface area contributed by atoms with Gasteiger partial charge in [0.25, 0.3) is 0 Å². The molecule has 0 atom stereocenters. The van der Waals surface area contributed by atoms with E-state index < -0.39 is 0 Å². The fourth-order valence-electron chi connectivity index (χ4n) is 7.18. The molecule has 0 amide bonds. The lowest BCUT2D eigenvalue weighted by Gasteiger charge is -2.10. The number of fused-ring (bicyclic) bond motifs is 6. The van der Waals surface area contributed by atoms with Crippen LogP contribution in [0.1, 0.15) is 0 Å². The molecule has 0 bridgehead atoms. The van der Waals surface area contributed by atoms with Crippen LogP contribution in [0.3, 0.4) is 0 Å². The van der Waals surface area contributed by atoms with Crippen molar-refractivity contribution in [2.45, 2.75) is 0 Å². The molecule has 2 heterocycles. The fraction of sp³-hybridized carbons (Fsp3) is 0. The van der Waals surface area contributed by atoms with Gasteiger partial charge in [0.05, 0.1) is 0 Å². The Hall–Kier alpha value is -6.49. The molecule has 0 saturated carbocycles. The van der Waals surface area contributed by atoms with Crippen molar-refractivity contribution >= 4 is 53.1 Å². The molecule has 10 rings (SSSR count). The summed E-state index contributed by atoms with van der Waals surface area (Å²) in [5.41, 5.74) is 7.70. The molecule has 0 unspecified atom stereocenters. The van der Waals surface area contributed by atoms with Gasteiger partial charge < -0.3 is 0 Å². The van der Waals surface area contributed by atoms with Crippen LogP contribution in [-0.4, -0.2) is 15.0 Å². The van der Waals surface area contributed by atoms with Crippen molar-refractivity contribution in [3.63, 3.8) is 0 Å². The van der Waals surface area contributed by atoms with Gasteiger partial charge in [0.1, 0.15) is 0 Å². The highest BCUT2D eigenvalue weighted by Crippen LogP contribution is 2.42. The second kappa shape index (κ2) is 12.1. The first-order valence-corrected chi connectivity index (χ1v) is 17.9. The van der Waals surface area contributed by atoms with Gasteiger partial charge in [-0.3, -0.25) is 0 Å². The molecular formula is C47H29N3S. The van der Waals surface area contributed by atoms with Gasteiger partial charge in [0.2, 0.25) is 0 Å². The van der Waals surface area contributed by atoms with Gasteiger partial charge in [-0.15, -0.1) is 11.3 Å². The first-order chi connectivity index (χ1) is 25.2. The zero-order chi connectivity index (χ0) is 33.7. The quantitative estimate of drug-likeness (QED) is 0.171. The molecular weight excluding hydrogens is 639 g/mol. The van der Waals surface area contributed by atoms with E-state index >= 15 is 0 Å². The summed E-state index contributed by atoms with van der Waals surface area (Å²) < 4.78 is 2.57. The third kappa shape index (κ3) is 5.25. The van der Waals surface area contributed by atoms with Crippen molar-refractivity contribution in [1.29, 1.82) is 0 Å². The molecule has 4 heteroatoms. The molecule has 0 radical (unpaired) electrons. The fourth-order valence-corrected chi connectivity index (χ4v) is 8.29. The van der Waals surface area contributed by atoms with E-state index in [2.05, 4.69) is 115 Å². The standard InChI is InChI=1S/C47H29N3S/c1-3-11-32(12-4-1)45-48-46(33-13-5-2-6-14-33)50-47(49-45)34-21-18-31(19-22-34)40-16-9-17-43-44(40)41-29-36(25-27-42(41)51-43)35-24-26-39-37(28-35)23-20-30-10-7-8-15-38(30)39/h1-29H. The largest absolute Gasteiger partial charge is 0.208 e. The number of benzene rings is 8. The minimum atomic E-state index is 0.654. The van der Waals surface area contributed by atoms with E-state index in [1.165, 1.54) is 58.4 Å². The third-order valence-corrected chi connectivity index (χ3v) is 10.9. The maximum atomic E-state index is 4.94. The van der Waals surface area contributed by atoms with E-state index in [1.54, 1.807) is 0 Å². The van der Waals surface area contributed by atoms with E-state index in [9.17, 15) is 0 Å². The Morgan fingerprint density at radius 1 is 0.314 bits per heavy atom. The van der Waals surface area contributed by atoms with Gasteiger partial charge in [-0.2, -0.15) is 0 Å². The summed E-state index contributed by atoms with van der Waals surface area (Å²) in [5, 5.41) is 7.67. The van der Waals surface area contributed by atoms with E-state index in [0.717, 1.165) is 22.3 Å². The molecule has 8 aromatic carbocycles. The van der Waals surface area contributed by atoms with Crippen molar-refractivity contribution in [2.75, 3.05) is 0 Å². The number of hydrogen-bond acceptors (Lipinski definition) is 4. The molecule has 0 saturated heterocycles. The Morgan fingerprint density at radius 3 is 1.59 bits per heavy atom. The minimum absolute atomic E-state index is 0.654. The molecule has 0 N–H and O–H groups in total. The molecule has 238 valence electrons. The van der Waals surface area contributed by atoms with Gasteiger partial charge in [0, 0.05) is 36.9 Å². The van der Waals surface area contributed by atoms with Crippen molar-refractivity contribution in [3.8, 4) is 56.4 Å². The Balaban J connectivity index is 1.05. The summed E-state index contributed by atoms with van der Waals surface area (Å²) in [5.74, 6) is 1.98. The smallest absolute Gasteiger partial charge is 0.164 e. The first-order valence-electron chi connectivity index (χ1n) is 17.1. The summed E-state index contributed by atoms with van der Waals surface area (Å²) in [6, 6.07) is 62.3. The van der Waals surface area contributed by atoms with E-state index in [0.29, 0.717) is 17.5 Å². The monoisotopic (exact) mass is 667 g/mol. The molecule has 3 nitrogen and oxygen atoms in total. The average molecular weight is 668 g/mol. The van der Waals surface area contributed by atoms with Crippen molar-refractivity contribution in [1.82, 2.24) is 15.0 Å². The maximum absolute atomic E-state index is 4.94. The van der Waals surface area contributed by atoms with Gasteiger partial charge in [-0.05, 0) is 68.1 Å². The zero-order valence-electron chi connectivity index (χ0n) is 27.5. The number of aromatic nitrogens is 3. The van der Waals surface area contributed by atoms with Crippen molar-refractivity contribution in [3.05, 3.63) is 176 Å². The molecule has 0 aliphatic heterocycles. The van der Waals surface area contributed by atoms with Crippen LogP contribution in [0.2, 0.25) is 0 Å². The highest BCUT2D eigenvalue weighted by atomic mass is 32.1. The number of rotatable bonds is 5. The predicted octanol–water partition coefficient (Wildman–Crippen LogP) is 12.9. The van der Waals surface area contributed by atoms with Gasteiger partial charge in [-0.25, -0.2) is 15.0 Å². The average Bonchev–Trinajstić information content (AvgIpc) is 3.59. The van der Waals surface area contributed by atoms with Crippen molar-refractivity contribution in [2.24, 2.45) is 0 Å². The third-order valence-electron chi connectivity index (χ3n) is 9.73. The van der Waals surface area contributed by atoms with Crippen LogP contribution in [0.15, 0.2) is 176 Å². The Kier molecular flexibility index (Phi) is 7.00. The minimum Gasteiger partial charge on any atom is -0.208 e. The molecule has 10 aromatic rings. The van der Waals surface area contributed by atoms with Gasteiger partial charge in [-0.1, -0.05) is 152 Å². The molecule has 51 heavy (non-hydrogen) atoms. The Labute approximate surface area is 299 Å². The van der Waals surface area contributed by atoms with Crippen LogP contribution in [0.4, 0.5) is 0 Å². The molecule has 0 spiro atoms. The Morgan fingerprint density at radius 2 is 0.863 bits per heavy atom. The lowest BCUT2D eigenvalue weighted by molar-refractivity contribution is 1.07. The second-order valence-electron chi connectivity index (χ2n) is 12.8. The van der Waals surface area contributed by atoms with Crippen LogP contribution < -0.4 is 0 Å². The highest BCUT2D eigenvalue weighted by Gasteiger charge is 2.15. The maximum Gasteiger partial charge on any atom is 0.164 e. The predicted molar refractivity (Wildman–Crippen MR) is 215 cm³/mol. The summed E-state index contributed by atoms with van der Waals surface area (Å²) in [6.45, 7) is 0. The normalized spacial score (nSPS) is 11.5. The lowest BCUT2D eigenvalue weighted by Crippen LogP contribution is -2.00. The summed E-state index contributed by atoms with van der Waals surface area (Å²) in [4.78, 5) is 14.7. The summed E-state index contributed by atoms with van der Waals surface area (Å²) >= 11 is 1.85. The van der Waals surface area contributed by atoms with Crippen LogP contribution in [-0.2, 0) is 0 Å². The SMILES string of the molecule is c1ccc(-c2nc(-c3ccccc3)nc(-c3ccc(-c4cccc5sc6ccc(-c7ccc8c(ccc9ccccc98)c7)cc6c45)cc3)n2)cc1. The van der Waals surface area contributed by atoms with Crippen LogP contribution in [0.5, 0.6) is 0 Å². The van der Waals surface area contributed by atoms with Crippen LogP contribution in [0.25, 0.3) is 98.1 Å². The Bertz CT molecular complexity index is 2840. The molecule has 2 aromatic heterocycles. The number of hydrogen-bond donors (Lipinski definition) is 0. The summed E-state index contributed by atoms with van der Waals surface area (Å²) in [7, 11) is 0. The van der Waals surface area contributed by atoms with Gasteiger partial charge >= 0.3 is 0 Å². The van der Waals surface area contributed by atoms with E-state index in [-0.39, 0.29) is 0 Å². The van der Waals surface area contributed by atoms with E-state index in [4.69, 9.17) is 15.0 Å². The second-order valence-corrected chi connectivity index (χ2v) is 13.9. The van der Waals surface area contributed by atoms with E-state index in [1.807, 2.05) is 72.0 Å². The zero-order valence-corrected chi connectivity index (χ0v) is 28.3. The summed E-state index contributed by atoms with van der Waals surface area (Å²) in [6.07, 6.45) is 0. The molecule has 0 fully saturated rings. The number of thiophene rings is 1. The van der Waals surface area contributed by atoms with Crippen LogP contribution in [0, 0.1) is 0 Å². The molecule has 0 aliphatic rings. The molecule has 0 aliphatic carbocycles. The van der Waals surface area contributed by atoms with Crippen molar-refractivity contribution < 1.29 is 0 Å².